The van der Waals surface area contributed by atoms with Crippen molar-refractivity contribution in [1.29, 1.82) is 0 Å². The number of imidazole rings is 1. The summed E-state index contributed by atoms with van der Waals surface area (Å²) in [7, 11) is 0. The fraction of sp³-hybridized carbons (Fsp3) is 0.188. The van der Waals surface area contributed by atoms with Crippen LogP contribution in [0.5, 0.6) is 0 Å². The van der Waals surface area contributed by atoms with Crippen LogP contribution in [0.3, 0.4) is 0 Å². The van der Waals surface area contributed by atoms with E-state index < -0.39 is 0 Å². The lowest BCUT2D eigenvalue weighted by molar-refractivity contribution is 1.26. The predicted octanol–water partition coefficient (Wildman–Crippen LogP) is 4.89. The standard InChI is InChI=1S/C16H16ClN3/c1-9-6-10(2)15(11(3)7-9)20-16-18-13-5-4-12(17)8-14(13)19-16/h4-8H,1-3H3,(H2,18,19,20). The molecule has 20 heavy (non-hydrogen) atoms. The Hall–Kier alpha value is -2.00. The number of nitrogens with zero attached hydrogens (tertiary/aromatic N) is 1. The van der Waals surface area contributed by atoms with Crippen LogP contribution in [0.1, 0.15) is 16.7 Å². The number of aromatic nitrogens is 2. The summed E-state index contributed by atoms with van der Waals surface area (Å²) in [6.07, 6.45) is 0. The molecule has 3 nitrogen and oxygen atoms in total. The van der Waals surface area contributed by atoms with E-state index in [0.717, 1.165) is 22.7 Å². The quantitative estimate of drug-likeness (QED) is 0.704. The van der Waals surface area contributed by atoms with Crippen molar-refractivity contribution in [1.82, 2.24) is 9.97 Å². The lowest BCUT2D eigenvalue weighted by Gasteiger charge is -2.11. The van der Waals surface area contributed by atoms with E-state index in [2.05, 4.69) is 48.2 Å². The molecule has 0 aliphatic rings. The van der Waals surface area contributed by atoms with Gasteiger partial charge in [-0.25, -0.2) is 4.98 Å². The second-order valence-corrected chi connectivity index (χ2v) is 5.58. The number of nitrogens with one attached hydrogen (secondary N) is 2. The van der Waals surface area contributed by atoms with Gasteiger partial charge < -0.3 is 10.3 Å². The highest BCUT2D eigenvalue weighted by molar-refractivity contribution is 6.31. The zero-order chi connectivity index (χ0) is 14.3. The first kappa shape index (κ1) is 13.0. The van der Waals surface area contributed by atoms with Crippen molar-refractivity contribution in [2.45, 2.75) is 20.8 Å². The van der Waals surface area contributed by atoms with E-state index in [1.54, 1.807) is 0 Å². The maximum absolute atomic E-state index is 5.99. The number of H-pyrrole nitrogens is 1. The minimum absolute atomic E-state index is 0.704. The Bertz CT molecular complexity index is 767. The first-order valence-electron chi connectivity index (χ1n) is 6.53. The van der Waals surface area contributed by atoms with Gasteiger partial charge in [0, 0.05) is 10.7 Å². The fourth-order valence-electron chi connectivity index (χ4n) is 2.54. The van der Waals surface area contributed by atoms with Gasteiger partial charge in [0.2, 0.25) is 5.95 Å². The smallest absolute Gasteiger partial charge is 0.205 e. The zero-order valence-corrected chi connectivity index (χ0v) is 12.5. The minimum atomic E-state index is 0.704. The van der Waals surface area contributed by atoms with Gasteiger partial charge in [0.1, 0.15) is 0 Å². The summed E-state index contributed by atoms with van der Waals surface area (Å²) in [5.41, 5.74) is 6.62. The van der Waals surface area contributed by atoms with Gasteiger partial charge >= 0.3 is 0 Å². The largest absolute Gasteiger partial charge is 0.325 e. The summed E-state index contributed by atoms with van der Waals surface area (Å²) < 4.78 is 0. The second-order valence-electron chi connectivity index (χ2n) is 5.15. The number of halogens is 1. The summed E-state index contributed by atoms with van der Waals surface area (Å²) in [5, 5.41) is 4.07. The number of hydrogen-bond acceptors (Lipinski definition) is 2. The molecule has 0 fully saturated rings. The van der Waals surface area contributed by atoms with Crippen molar-refractivity contribution in [3.05, 3.63) is 52.0 Å². The Morgan fingerprint density at radius 2 is 1.75 bits per heavy atom. The molecule has 0 amide bonds. The molecule has 2 N–H and O–H groups in total. The summed E-state index contributed by atoms with van der Waals surface area (Å²) in [4.78, 5) is 7.78. The summed E-state index contributed by atoms with van der Waals surface area (Å²) in [5.74, 6) is 0.734. The highest BCUT2D eigenvalue weighted by atomic mass is 35.5. The van der Waals surface area contributed by atoms with Gasteiger partial charge in [0.15, 0.2) is 0 Å². The molecular formula is C16H16ClN3. The highest BCUT2D eigenvalue weighted by Crippen LogP contribution is 2.26. The molecule has 1 aromatic heterocycles. The monoisotopic (exact) mass is 285 g/mol. The first-order valence-corrected chi connectivity index (χ1v) is 6.91. The summed E-state index contributed by atoms with van der Waals surface area (Å²) in [6, 6.07) is 9.96. The number of aromatic amines is 1. The second kappa shape index (κ2) is 4.84. The van der Waals surface area contributed by atoms with Gasteiger partial charge in [-0.05, 0) is 50.1 Å². The van der Waals surface area contributed by atoms with Gasteiger partial charge in [-0.2, -0.15) is 0 Å². The number of aryl methyl sites for hydroxylation is 3. The van der Waals surface area contributed by atoms with E-state index in [9.17, 15) is 0 Å². The average Bonchev–Trinajstić information content (AvgIpc) is 2.75. The van der Waals surface area contributed by atoms with Crippen LogP contribution in [-0.4, -0.2) is 9.97 Å². The van der Waals surface area contributed by atoms with Crippen LogP contribution in [0.4, 0.5) is 11.6 Å². The van der Waals surface area contributed by atoms with Gasteiger partial charge in [-0.1, -0.05) is 29.3 Å². The Morgan fingerprint density at radius 3 is 2.45 bits per heavy atom. The molecule has 0 saturated carbocycles. The molecule has 0 bridgehead atoms. The molecule has 3 rings (SSSR count). The molecule has 0 unspecified atom stereocenters. The summed E-state index contributed by atoms with van der Waals surface area (Å²) in [6.45, 7) is 6.30. The van der Waals surface area contributed by atoms with E-state index >= 15 is 0 Å². The van der Waals surface area contributed by atoms with Gasteiger partial charge in [0.05, 0.1) is 11.0 Å². The number of fused-ring (bicyclic) bond motifs is 1. The van der Waals surface area contributed by atoms with Crippen molar-refractivity contribution in [3.63, 3.8) is 0 Å². The molecule has 0 spiro atoms. The van der Waals surface area contributed by atoms with Crippen LogP contribution in [0, 0.1) is 20.8 Å². The topological polar surface area (TPSA) is 40.7 Å². The predicted molar refractivity (Wildman–Crippen MR) is 85.0 cm³/mol. The maximum Gasteiger partial charge on any atom is 0.205 e. The SMILES string of the molecule is Cc1cc(C)c(Nc2nc3ccc(Cl)cc3[nH]2)c(C)c1. The van der Waals surface area contributed by atoms with E-state index in [1.807, 2.05) is 18.2 Å². The number of rotatable bonds is 2. The van der Waals surface area contributed by atoms with Gasteiger partial charge in [-0.15, -0.1) is 0 Å². The molecule has 0 atom stereocenters. The lowest BCUT2D eigenvalue weighted by atomic mass is 10.1. The Labute approximate surface area is 123 Å². The molecule has 1 heterocycles. The van der Waals surface area contributed by atoms with Crippen molar-refractivity contribution in [2.75, 3.05) is 5.32 Å². The molecule has 102 valence electrons. The number of hydrogen-bond donors (Lipinski definition) is 2. The Balaban J connectivity index is 2.01. The van der Waals surface area contributed by atoms with Gasteiger partial charge in [0.25, 0.3) is 0 Å². The third-order valence-electron chi connectivity index (χ3n) is 3.36. The third-order valence-corrected chi connectivity index (χ3v) is 3.60. The molecular weight excluding hydrogens is 270 g/mol. The molecule has 2 aromatic carbocycles. The van der Waals surface area contributed by atoms with Crippen molar-refractivity contribution < 1.29 is 0 Å². The van der Waals surface area contributed by atoms with E-state index in [4.69, 9.17) is 11.6 Å². The van der Waals surface area contributed by atoms with Crippen molar-refractivity contribution in [3.8, 4) is 0 Å². The first-order chi connectivity index (χ1) is 9.52. The normalized spacial score (nSPS) is 11.0. The minimum Gasteiger partial charge on any atom is -0.325 e. The molecule has 0 aliphatic heterocycles. The van der Waals surface area contributed by atoms with E-state index in [1.165, 1.54) is 16.7 Å². The van der Waals surface area contributed by atoms with Crippen LogP contribution in [0.15, 0.2) is 30.3 Å². The Kier molecular flexibility index (Phi) is 3.14. The molecule has 0 saturated heterocycles. The van der Waals surface area contributed by atoms with Crippen LogP contribution in [0.25, 0.3) is 11.0 Å². The zero-order valence-electron chi connectivity index (χ0n) is 11.7. The number of benzene rings is 2. The van der Waals surface area contributed by atoms with Crippen LogP contribution in [-0.2, 0) is 0 Å². The van der Waals surface area contributed by atoms with E-state index in [-0.39, 0.29) is 0 Å². The lowest BCUT2D eigenvalue weighted by Crippen LogP contribution is -1.98. The molecule has 3 aromatic rings. The fourth-order valence-corrected chi connectivity index (χ4v) is 2.71. The van der Waals surface area contributed by atoms with Crippen molar-refractivity contribution >= 4 is 34.3 Å². The molecule has 4 heteroatoms. The summed E-state index contributed by atoms with van der Waals surface area (Å²) >= 11 is 5.99. The van der Waals surface area contributed by atoms with Gasteiger partial charge in [-0.3, -0.25) is 0 Å². The van der Waals surface area contributed by atoms with Crippen LogP contribution in [0.2, 0.25) is 5.02 Å². The van der Waals surface area contributed by atoms with Crippen LogP contribution >= 0.6 is 11.6 Å². The van der Waals surface area contributed by atoms with Crippen LogP contribution < -0.4 is 5.32 Å². The maximum atomic E-state index is 5.99. The molecule has 0 aliphatic carbocycles. The highest BCUT2D eigenvalue weighted by Gasteiger charge is 2.07. The Morgan fingerprint density at radius 1 is 1.05 bits per heavy atom. The molecule has 0 radical (unpaired) electrons. The average molecular weight is 286 g/mol. The van der Waals surface area contributed by atoms with Crippen molar-refractivity contribution in [2.24, 2.45) is 0 Å². The third kappa shape index (κ3) is 2.37. The number of anilines is 2. The van der Waals surface area contributed by atoms with E-state index in [0.29, 0.717) is 5.02 Å².